The fourth-order valence-electron chi connectivity index (χ4n) is 1.84. The molecule has 0 aromatic heterocycles. The van der Waals surface area contributed by atoms with E-state index in [0.29, 0.717) is 18.6 Å². The Balaban J connectivity index is 2.68. The average molecular weight is 271 g/mol. The van der Waals surface area contributed by atoms with Gasteiger partial charge in [0.1, 0.15) is 0 Å². The van der Waals surface area contributed by atoms with Crippen LogP contribution in [-0.4, -0.2) is 12.6 Å². The van der Waals surface area contributed by atoms with Crippen molar-refractivity contribution in [3.63, 3.8) is 0 Å². The molecule has 0 heterocycles. The molecule has 1 aromatic carbocycles. The van der Waals surface area contributed by atoms with Gasteiger partial charge < -0.3 is 10.5 Å². The summed E-state index contributed by atoms with van der Waals surface area (Å²) in [5.41, 5.74) is 6.35. The van der Waals surface area contributed by atoms with Crippen molar-refractivity contribution in [2.24, 2.45) is 5.73 Å². The van der Waals surface area contributed by atoms with Crippen molar-refractivity contribution < 1.29 is 13.5 Å². The Morgan fingerprint density at radius 3 is 2.32 bits per heavy atom. The van der Waals surface area contributed by atoms with Gasteiger partial charge in [0.05, 0.1) is 6.61 Å². The third kappa shape index (κ3) is 5.15. The van der Waals surface area contributed by atoms with Crippen LogP contribution in [0.1, 0.15) is 45.1 Å². The van der Waals surface area contributed by atoms with E-state index in [4.69, 9.17) is 10.5 Å². The Morgan fingerprint density at radius 1 is 1.16 bits per heavy atom. The molecule has 2 nitrogen and oxygen atoms in total. The van der Waals surface area contributed by atoms with Gasteiger partial charge in [-0.3, -0.25) is 0 Å². The molecular formula is C15H23F2NO. The lowest BCUT2D eigenvalue weighted by molar-refractivity contribution is 0.276. The topological polar surface area (TPSA) is 35.2 Å². The molecule has 0 bridgehead atoms. The second kappa shape index (κ2) is 8.10. The predicted molar refractivity (Wildman–Crippen MR) is 73.3 cm³/mol. The molecule has 0 spiro atoms. The number of ether oxygens (including phenoxy) is 1. The van der Waals surface area contributed by atoms with Gasteiger partial charge in [0.25, 0.3) is 0 Å². The maximum atomic E-state index is 13.8. The van der Waals surface area contributed by atoms with Gasteiger partial charge in [-0.2, -0.15) is 0 Å². The highest BCUT2D eigenvalue weighted by Gasteiger charge is 2.13. The molecule has 1 aromatic rings. The zero-order chi connectivity index (χ0) is 14.3. The minimum atomic E-state index is -0.644. The van der Waals surface area contributed by atoms with Gasteiger partial charge in [-0.25, -0.2) is 8.78 Å². The molecule has 0 fully saturated rings. The summed E-state index contributed by atoms with van der Waals surface area (Å²) in [5.74, 6) is -1.56. The van der Waals surface area contributed by atoms with Crippen LogP contribution in [0.3, 0.4) is 0 Å². The minimum absolute atomic E-state index is 0.0740. The van der Waals surface area contributed by atoms with Gasteiger partial charge in [0.15, 0.2) is 17.4 Å². The number of rotatable bonds is 8. The predicted octanol–water partition coefficient (Wildman–Crippen LogP) is 3.81. The van der Waals surface area contributed by atoms with Gasteiger partial charge in [0.2, 0.25) is 0 Å². The summed E-state index contributed by atoms with van der Waals surface area (Å²) < 4.78 is 32.7. The van der Waals surface area contributed by atoms with E-state index >= 15 is 0 Å². The summed E-state index contributed by atoms with van der Waals surface area (Å²) in [5, 5.41) is 0. The van der Waals surface area contributed by atoms with Crippen LogP contribution in [0.4, 0.5) is 8.78 Å². The molecule has 0 aliphatic carbocycles. The fraction of sp³-hybridized carbons (Fsp3) is 0.600. The third-order valence-corrected chi connectivity index (χ3v) is 3.07. The first-order valence-electron chi connectivity index (χ1n) is 6.94. The zero-order valence-electron chi connectivity index (χ0n) is 11.7. The highest BCUT2D eigenvalue weighted by atomic mass is 19.1. The van der Waals surface area contributed by atoms with Gasteiger partial charge in [-0.1, -0.05) is 26.7 Å². The number of hydrogen-bond acceptors (Lipinski definition) is 2. The van der Waals surface area contributed by atoms with Crippen LogP contribution in [0.2, 0.25) is 0 Å². The monoisotopic (exact) mass is 271 g/mol. The van der Waals surface area contributed by atoms with Crippen LogP contribution >= 0.6 is 0 Å². The quantitative estimate of drug-likeness (QED) is 0.730. The number of unbranched alkanes of at least 4 members (excludes halogenated alkanes) is 2. The maximum Gasteiger partial charge on any atom is 0.190 e. The van der Waals surface area contributed by atoms with Crippen LogP contribution in [0.25, 0.3) is 0 Å². The van der Waals surface area contributed by atoms with E-state index < -0.39 is 11.6 Å². The Hall–Kier alpha value is -1.16. The lowest BCUT2D eigenvalue weighted by Gasteiger charge is -2.12. The molecule has 0 amide bonds. The number of halogens is 2. The SMILES string of the molecule is CCCCCOc1c(F)cc(CC(N)CC)cc1F. The lowest BCUT2D eigenvalue weighted by Crippen LogP contribution is -2.21. The normalized spacial score (nSPS) is 12.5. The molecule has 1 unspecified atom stereocenters. The molecule has 0 aliphatic rings. The highest BCUT2D eigenvalue weighted by molar-refractivity contribution is 5.31. The summed E-state index contributed by atoms with van der Waals surface area (Å²) in [7, 11) is 0. The number of hydrogen-bond donors (Lipinski definition) is 1. The van der Waals surface area contributed by atoms with E-state index in [0.717, 1.165) is 25.7 Å². The second-order valence-electron chi connectivity index (χ2n) is 4.82. The first-order chi connectivity index (χ1) is 9.08. The first-order valence-corrected chi connectivity index (χ1v) is 6.94. The van der Waals surface area contributed by atoms with E-state index in [1.807, 2.05) is 6.92 Å². The molecule has 0 saturated heterocycles. The molecule has 1 rings (SSSR count). The second-order valence-corrected chi connectivity index (χ2v) is 4.82. The lowest BCUT2D eigenvalue weighted by atomic mass is 10.0. The standard InChI is InChI=1S/C15H23F2NO/c1-3-5-6-7-19-15-13(16)9-11(10-14(15)17)8-12(18)4-2/h9-10,12H,3-8,18H2,1-2H3. The number of benzene rings is 1. The van der Waals surface area contributed by atoms with Gasteiger partial charge >= 0.3 is 0 Å². The van der Waals surface area contributed by atoms with Crippen LogP contribution in [-0.2, 0) is 6.42 Å². The van der Waals surface area contributed by atoms with Crippen molar-refractivity contribution in [3.8, 4) is 5.75 Å². The molecular weight excluding hydrogens is 248 g/mol. The molecule has 19 heavy (non-hydrogen) atoms. The third-order valence-electron chi connectivity index (χ3n) is 3.07. The Kier molecular flexibility index (Phi) is 6.78. The smallest absolute Gasteiger partial charge is 0.190 e. The molecule has 108 valence electrons. The van der Waals surface area contributed by atoms with Crippen molar-refractivity contribution in [1.29, 1.82) is 0 Å². The van der Waals surface area contributed by atoms with Gasteiger partial charge in [-0.05, 0) is 37.0 Å². The van der Waals surface area contributed by atoms with Crippen LogP contribution in [0.5, 0.6) is 5.75 Å². The summed E-state index contributed by atoms with van der Waals surface area (Å²) in [6.07, 6.45) is 4.09. The maximum absolute atomic E-state index is 13.8. The molecule has 0 radical (unpaired) electrons. The first kappa shape index (κ1) is 15.9. The van der Waals surface area contributed by atoms with Crippen LogP contribution in [0, 0.1) is 11.6 Å². The van der Waals surface area contributed by atoms with Crippen molar-refractivity contribution in [1.82, 2.24) is 0 Å². The summed E-state index contributed by atoms with van der Waals surface area (Å²) in [4.78, 5) is 0. The van der Waals surface area contributed by atoms with Crippen molar-refractivity contribution >= 4 is 0 Å². The van der Waals surface area contributed by atoms with E-state index in [2.05, 4.69) is 6.92 Å². The van der Waals surface area contributed by atoms with Gasteiger partial charge in [-0.15, -0.1) is 0 Å². The van der Waals surface area contributed by atoms with E-state index in [1.54, 1.807) is 0 Å². The molecule has 4 heteroatoms. The summed E-state index contributed by atoms with van der Waals surface area (Å²) in [6, 6.07) is 2.55. The zero-order valence-corrected chi connectivity index (χ0v) is 11.7. The molecule has 0 saturated carbocycles. The molecule has 0 aliphatic heterocycles. The highest BCUT2D eigenvalue weighted by Crippen LogP contribution is 2.24. The van der Waals surface area contributed by atoms with E-state index in [1.165, 1.54) is 12.1 Å². The van der Waals surface area contributed by atoms with Crippen molar-refractivity contribution in [2.75, 3.05) is 6.61 Å². The van der Waals surface area contributed by atoms with Crippen LogP contribution < -0.4 is 10.5 Å². The molecule has 2 N–H and O–H groups in total. The summed E-state index contributed by atoms with van der Waals surface area (Å²) >= 11 is 0. The Bertz CT molecular complexity index is 373. The Morgan fingerprint density at radius 2 is 1.79 bits per heavy atom. The average Bonchev–Trinajstić information content (AvgIpc) is 2.37. The largest absolute Gasteiger partial charge is 0.488 e. The van der Waals surface area contributed by atoms with Crippen molar-refractivity contribution in [3.05, 3.63) is 29.3 Å². The fourth-order valence-corrected chi connectivity index (χ4v) is 1.84. The Labute approximate surface area is 114 Å². The minimum Gasteiger partial charge on any atom is -0.488 e. The number of nitrogens with two attached hydrogens (primary N) is 1. The van der Waals surface area contributed by atoms with Crippen molar-refractivity contribution in [2.45, 2.75) is 52.0 Å². The summed E-state index contributed by atoms with van der Waals surface area (Å²) in [6.45, 7) is 4.35. The molecule has 1 atom stereocenters. The van der Waals surface area contributed by atoms with E-state index in [-0.39, 0.29) is 11.8 Å². The van der Waals surface area contributed by atoms with Crippen LogP contribution in [0.15, 0.2) is 12.1 Å². The van der Waals surface area contributed by atoms with E-state index in [9.17, 15) is 8.78 Å². The van der Waals surface area contributed by atoms with Gasteiger partial charge in [0, 0.05) is 6.04 Å².